The summed E-state index contributed by atoms with van der Waals surface area (Å²) in [6.45, 7) is 4.28. The van der Waals surface area contributed by atoms with Crippen LogP contribution in [0.1, 0.15) is 42.9 Å². The van der Waals surface area contributed by atoms with Crippen molar-refractivity contribution in [3.63, 3.8) is 0 Å². The summed E-state index contributed by atoms with van der Waals surface area (Å²) in [5.41, 5.74) is 4.78. The van der Waals surface area contributed by atoms with Crippen LogP contribution in [0.3, 0.4) is 0 Å². The molecule has 3 aliphatic rings. The molecule has 3 atom stereocenters. The number of nitrogens with one attached hydrogen (secondary N) is 1. The van der Waals surface area contributed by atoms with Crippen LogP contribution in [-0.4, -0.2) is 32.4 Å². The molecule has 114 valence electrons. The van der Waals surface area contributed by atoms with Crippen LogP contribution >= 0.6 is 0 Å². The smallest absolute Gasteiger partial charge is 0.119 e. The van der Waals surface area contributed by atoms with E-state index in [-0.39, 0.29) is 5.41 Å². The van der Waals surface area contributed by atoms with Crippen LogP contribution in [0.2, 0.25) is 0 Å². The second kappa shape index (κ2) is 4.99. The molecule has 3 nitrogen and oxygen atoms in total. The van der Waals surface area contributed by atoms with E-state index in [2.05, 4.69) is 24.4 Å². The summed E-state index contributed by atoms with van der Waals surface area (Å²) >= 11 is 0. The van der Waals surface area contributed by atoms with Gasteiger partial charge in [0.05, 0.1) is 13.2 Å². The predicted octanol–water partition coefficient (Wildman–Crippen LogP) is 2.59. The summed E-state index contributed by atoms with van der Waals surface area (Å²) in [6.07, 6.45) is 6.17. The van der Waals surface area contributed by atoms with Gasteiger partial charge in [0.1, 0.15) is 5.75 Å². The second-order valence-electron chi connectivity index (χ2n) is 6.73. The molecule has 3 heteroatoms. The Kier molecular flexibility index (Phi) is 3.23. The first-order chi connectivity index (χ1) is 10.3. The molecule has 2 saturated heterocycles. The maximum atomic E-state index is 6.24. The first kappa shape index (κ1) is 13.6. The minimum Gasteiger partial charge on any atom is -0.497 e. The summed E-state index contributed by atoms with van der Waals surface area (Å²) in [5.74, 6) is 1.02. The number of piperidine rings is 1. The lowest BCUT2D eigenvalue weighted by molar-refractivity contribution is -0.0888. The van der Waals surface area contributed by atoms with Crippen molar-refractivity contribution >= 4 is 0 Å². The molecule has 0 radical (unpaired) electrons. The Hall–Kier alpha value is -1.06. The van der Waals surface area contributed by atoms with Gasteiger partial charge in [0, 0.05) is 18.1 Å². The Morgan fingerprint density at radius 2 is 2.29 bits per heavy atom. The zero-order chi connectivity index (χ0) is 14.4. The van der Waals surface area contributed by atoms with Gasteiger partial charge < -0.3 is 14.8 Å². The van der Waals surface area contributed by atoms with Crippen molar-refractivity contribution in [3.05, 3.63) is 28.8 Å². The fourth-order valence-corrected chi connectivity index (χ4v) is 4.90. The Morgan fingerprint density at radius 1 is 1.38 bits per heavy atom. The normalized spacial score (nSPS) is 34.0. The molecule has 0 unspecified atom stereocenters. The molecule has 4 rings (SSSR count). The van der Waals surface area contributed by atoms with Gasteiger partial charge in [-0.1, -0.05) is 6.92 Å². The van der Waals surface area contributed by atoms with E-state index < -0.39 is 0 Å². The lowest BCUT2D eigenvalue weighted by Gasteiger charge is -2.55. The number of aryl methyl sites for hydroxylation is 1. The zero-order valence-corrected chi connectivity index (χ0v) is 13.1. The molecule has 0 spiro atoms. The molecule has 0 saturated carbocycles. The van der Waals surface area contributed by atoms with Gasteiger partial charge in [-0.15, -0.1) is 0 Å². The lowest BCUT2D eigenvalue weighted by Crippen LogP contribution is -2.64. The van der Waals surface area contributed by atoms with Crippen LogP contribution in [0.4, 0.5) is 0 Å². The highest BCUT2D eigenvalue weighted by molar-refractivity contribution is 5.50. The highest BCUT2D eigenvalue weighted by atomic mass is 16.5. The topological polar surface area (TPSA) is 30.5 Å². The second-order valence-corrected chi connectivity index (χ2v) is 6.73. The highest BCUT2D eigenvalue weighted by Crippen LogP contribution is 2.50. The van der Waals surface area contributed by atoms with Crippen molar-refractivity contribution < 1.29 is 9.47 Å². The molecular weight excluding hydrogens is 262 g/mol. The third-order valence-corrected chi connectivity index (χ3v) is 5.85. The number of hydrogen-bond donors (Lipinski definition) is 1. The Balaban J connectivity index is 1.92. The van der Waals surface area contributed by atoms with Crippen LogP contribution in [0.5, 0.6) is 5.75 Å². The summed E-state index contributed by atoms with van der Waals surface area (Å²) < 4.78 is 11.8. The predicted molar refractivity (Wildman–Crippen MR) is 83.1 cm³/mol. The Morgan fingerprint density at radius 3 is 3.10 bits per heavy atom. The van der Waals surface area contributed by atoms with E-state index >= 15 is 0 Å². The number of benzene rings is 1. The lowest BCUT2D eigenvalue weighted by atomic mass is 9.59. The van der Waals surface area contributed by atoms with E-state index in [1.165, 1.54) is 30.4 Å². The quantitative estimate of drug-likeness (QED) is 0.907. The fourth-order valence-electron chi connectivity index (χ4n) is 4.90. The van der Waals surface area contributed by atoms with Crippen LogP contribution in [0, 0.1) is 0 Å². The summed E-state index contributed by atoms with van der Waals surface area (Å²) in [6, 6.07) is 5.03. The van der Waals surface area contributed by atoms with E-state index in [1.54, 1.807) is 12.7 Å². The number of methoxy groups -OCH3 is 1. The summed E-state index contributed by atoms with van der Waals surface area (Å²) in [7, 11) is 1.78. The third kappa shape index (κ3) is 1.87. The van der Waals surface area contributed by atoms with Crippen molar-refractivity contribution in [2.75, 3.05) is 20.3 Å². The minimum absolute atomic E-state index is 0.222. The van der Waals surface area contributed by atoms with Crippen molar-refractivity contribution in [3.8, 4) is 5.75 Å². The van der Waals surface area contributed by atoms with Crippen molar-refractivity contribution in [1.29, 1.82) is 0 Å². The maximum Gasteiger partial charge on any atom is 0.119 e. The van der Waals surface area contributed by atoms with E-state index in [1.807, 2.05) is 0 Å². The van der Waals surface area contributed by atoms with Crippen molar-refractivity contribution in [2.45, 2.75) is 56.6 Å². The zero-order valence-electron chi connectivity index (χ0n) is 13.1. The Labute approximate surface area is 127 Å². The molecule has 1 N–H and O–H groups in total. The van der Waals surface area contributed by atoms with Gasteiger partial charge in [-0.3, -0.25) is 0 Å². The van der Waals surface area contributed by atoms with Crippen molar-refractivity contribution in [1.82, 2.24) is 5.32 Å². The van der Waals surface area contributed by atoms with Crippen LogP contribution in [0.25, 0.3) is 0 Å². The molecule has 2 heterocycles. The fraction of sp³-hybridized carbons (Fsp3) is 0.667. The largest absolute Gasteiger partial charge is 0.497 e. The van der Waals surface area contributed by atoms with Gasteiger partial charge in [0.2, 0.25) is 0 Å². The van der Waals surface area contributed by atoms with E-state index in [0.29, 0.717) is 12.1 Å². The molecule has 2 bridgehead atoms. The van der Waals surface area contributed by atoms with Crippen LogP contribution in [-0.2, 0) is 23.0 Å². The number of ether oxygens (including phenoxy) is 2. The van der Waals surface area contributed by atoms with Gasteiger partial charge in [-0.2, -0.15) is 0 Å². The van der Waals surface area contributed by atoms with Gasteiger partial charge in [-0.05, 0) is 67.5 Å². The van der Waals surface area contributed by atoms with E-state index in [9.17, 15) is 0 Å². The molecular formula is C18H25NO2. The number of rotatable bonds is 2. The monoisotopic (exact) mass is 287 g/mol. The standard InChI is InChI=1S/C18H25NO2/c1-3-12-9-13(20-2)10-15-14(12)11-16-17-18(15,6-7-19-16)5-4-8-21-17/h9-10,16-17,19H,3-8,11H2,1-2H3/t16-,17+,18+/m1/s1. The van der Waals surface area contributed by atoms with Gasteiger partial charge in [0.25, 0.3) is 0 Å². The number of fused-ring (bicyclic) bond motifs is 1. The van der Waals surface area contributed by atoms with Crippen LogP contribution in [0.15, 0.2) is 12.1 Å². The average molecular weight is 287 g/mol. The van der Waals surface area contributed by atoms with E-state index in [4.69, 9.17) is 9.47 Å². The summed E-state index contributed by atoms with van der Waals surface area (Å²) in [5, 5.41) is 3.71. The first-order valence-electron chi connectivity index (χ1n) is 8.34. The maximum absolute atomic E-state index is 6.24. The molecule has 2 fully saturated rings. The average Bonchev–Trinajstić information content (AvgIpc) is 2.54. The van der Waals surface area contributed by atoms with Gasteiger partial charge in [0.15, 0.2) is 0 Å². The van der Waals surface area contributed by atoms with Crippen molar-refractivity contribution in [2.24, 2.45) is 0 Å². The minimum atomic E-state index is 0.222. The van der Waals surface area contributed by atoms with Crippen LogP contribution < -0.4 is 10.1 Å². The van der Waals surface area contributed by atoms with Gasteiger partial charge in [-0.25, -0.2) is 0 Å². The van der Waals surface area contributed by atoms with Gasteiger partial charge >= 0.3 is 0 Å². The van der Waals surface area contributed by atoms with E-state index in [0.717, 1.165) is 31.7 Å². The molecule has 1 aromatic rings. The number of hydrogen-bond acceptors (Lipinski definition) is 3. The SMILES string of the molecule is CCc1cc(OC)cc2c1C[C@H]1NCC[C@@]23CCCO[C@@H]13. The molecule has 0 amide bonds. The molecule has 1 aliphatic carbocycles. The first-order valence-corrected chi connectivity index (χ1v) is 8.34. The molecule has 2 aliphatic heterocycles. The summed E-state index contributed by atoms with van der Waals surface area (Å²) in [4.78, 5) is 0. The highest BCUT2D eigenvalue weighted by Gasteiger charge is 2.53. The molecule has 1 aromatic carbocycles. The molecule has 0 aromatic heterocycles. The molecule has 21 heavy (non-hydrogen) atoms. The Bertz CT molecular complexity index is 552. The third-order valence-electron chi connectivity index (χ3n) is 5.85.